The van der Waals surface area contributed by atoms with Gasteiger partial charge in [-0.25, -0.2) is 8.78 Å². The average Bonchev–Trinajstić information content (AvgIpc) is 2.64. The molecule has 0 saturated carbocycles. The van der Waals surface area contributed by atoms with E-state index in [1.807, 2.05) is 0 Å². The zero-order valence-corrected chi connectivity index (χ0v) is 8.71. The van der Waals surface area contributed by atoms with Crippen molar-refractivity contribution in [3.63, 3.8) is 0 Å². The largest absolute Gasteiger partial charge is 0.464 e. The highest BCUT2D eigenvalue weighted by molar-refractivity contribution is 5.29. The monoisotopic (exact) mass is 223 g/mol. The molecule has 2 rings (SSSR count). The zero-order valence-electron chi connectivity index (χ0n) is 8.71. The third-order valence-electron chi connectivity index (χ3n) is 2.38. The van der Waals surface area contributed by atoms with Crippen LogP contribution in [0, 0.1) is 18.6 Å². The van der Waals surface area contributed by atoms with Gasteiger partial charge < -0.3 is 10.2 Å². The Labute approximate surface area is 91.7 Å². The number of halogens is 2. The number of hydrogen-bond donors (Lipinski definition) is 1. The van der Waals surface area contributed by atoms with Crippen molar-refractivity contribution in [1.82, 2.24) is 0 Å². The van der Waals surface area contributed by atoms with Gasteiger partial charge in [-0.05, 0) is 31.2 Å². The van der Waals surface area contributed by atoms with Gasteiger partial charge >= 0.3 is 0 Å². The second-order valence-electron chi connectivity index (χ2n) is 3.56. The molecule has 16 heavy (non-hydrogen) atoms. The highest BCUT2D eigenvalue weighted by Crippen LogP contribution is 2.25. The van der Waals surface area contributed by atoms with E-state index in [-0.39, 0.29) is 5.56 Å². The lowest BCUT2D eigenvalue weighted by Gasteiger charge is -2.11. The van der Waals surface area contributed by atoms with E-state index in [4.69, 9.17) is 10.2 Å². The fourth-order valence-corrected chi connectivity index (χ4v) is 1.57. The van der Waals surface area contributed by atoms with Crippen LogP contribution in [-0.4, -0.2) is 0 Å². The van der Waals surface area contributed by atoms with E-state index in [1.165, 1.54) is 18.2 Å². The van der Waals surface area contributed by atoms with Crippen LogP contribution >= 0.6 is 0 Å². The van der Waals surface area contributed by atoms with E-state index in [0.717, 1.165) is 0 Å². The molecule has 0 radical (unpaired) electrons. The summed E-state index contributed by atoms with van der Waals surface area (Å²) in [7, 11) is 0. The highest BCUT2D eigenvalue weighted by Gasteiger charge is 2.20. The molecule has 1 aromatic carbocycles. The molecule has 0 bridgehead atoms. The summed E-state index contributed by atoms with van der Waals surface area (Å²) in [5.41, 5.74) is 5.59. The topological polar surface area (TPSA) is 39.2 Å². The molecule has 1 unspecified atom stereocenters. The first-order chi connectivity index (χ1) is 7.59. The normalized spacial score (nSPS) is 12.8. The van der Waals surface area contributed by atoms with Gasteiger partial charge in [0.05, 0.1) is 6.04 Å². The molecule has 1 heterocycles. The van der Waals surface area contributed by atoms with Crippen molar-refractivity contribution in [2.45, 2.75) is 13.0 Å². The van der Waals surface area contributed by atoms with Crippen molar-refractivity contribution in [2.24, 2.45) is 5.73 Å². The maximum Gasteiger partial charge on any atom is 0.131 e. The van der Waals surface area contributed by atoms with Crippen molar-refractivity contribution in [3.8, 4) is 0 Å². The maximum absolute atomic E-state index is 13.4. The molecule has 0 saturated heterocycles. The minimum Gasteiger partial charge on any atom is -0.464 e. The first-order valence-electron chi connectivity index (χ1n) is 4.85. The molecule has 84 valence electrons. The lowest BCUT2D eigenvalue weighted by molar-refractivity contribution is 0.449. The van der Waals surface area contributed by atoms with E-state index < -0.39 is 17.7 Å². The highest BCUT2D eigenvalue weighted by atomic mass is 19.1. The predicted octanol–water partition coefficient (Wildman–Crippen LogP) is 2.91. The SMILES string of the molecule is Cc1ccc(C(N)c2c(F)cccc2F)o1. The molecule has 0 aliphatic carbocycles. The van der Waals surface area contributed by atoms with Crippen LogP contribution in [0.25, 0.3) is 0 Å². The quantitative estimate of drug-likeness (QED) is 0.850. The van der Waals surface area contributed by atoms with Gasteiger partial charge in [0, 0.05) is 5.56 Å². The van der Waals surface area contributed by atoms with Gasteiger partial charge in [0.1, 0.15) is 23.2 Å². The maximum atomic E-state index is 13.4. The summed E-state index contributed by atoms with van der Waals surface area (Å²) in [6.07, 6.45) is 0. The van der Waals surface area contributed by atoms with Crippen LogP contribution < -0.4 is 5.73 Å². The van der Waals surface area contributed by atoms with E-state index in [9.17, 15) is 8.78 Å². The van der Waals surface area contributed by atoms with Crippen LogP contribution in [0.3, 0.4) is 0 Å². The molecule has 0 amide bonds. The lowest BCUT2D eigenvalue weighted by atomic mass is 10.0. The van der Waals surface area contributed by atoms with Crippen LogP contribution in [0.15, 0.2) is 34.7 Å². The fourth-order valence-electron chi connectivity index (χ4n) is 1.57. The Morgan fingerprint density at radius 3 is 2.25 bits per heavy atom. The van der Waals surface area contributed by atoms with E-state index in [2.05, 4.69) is 0 Å². The van der Waals surface area contributed by atoms with E-state index >= 15 is 0 Å². The van der Waals surface area contributed by atoms with Gasteiger partial charge in [-0.2, -0.15) is 0 Å². The zero-order chi connectivity index (χ0) is 11.7. The number of furan rings is 1. The van der Waals surface area contributed by atoms with Crippen molar-refractivity contribution < 1.29 is 13.2 Å². The van der Waals surface area contributed by atoms with Gasteiger partial charge in [-0.1, -0.05) is 6.07 Å². The number of benzene rings is 1. The third kappa shape index (κ3) is 1.84. The van der Waals surface area contributed by atoms with Crippen molar-refractivity contribution >= 4 is 0 Å². The Morgan fingerprint density at radius 1 is 1.12 bits per heavy atom. The Balaban J connectivity index is 2.45. The first-order valence-corrected chi connectivity index (χ1v) is 4.85. The summed E-state index contributed by atoms with van der Waals surface area (Å²) in [5.74, 6) is -0.327. The van der Waals surface area contributed by atoms with Crippen molar-refractivity contribution in [1.29, 1.82) is 0 Å². The molecular formula is C12H11F2NO. The van der Waals surface area contributed by atoms with Gasteiger partial charge in [0.2, 0.25) is 0 Å². The Kier molecular flexibility index (Phi) is 2.75. The molecule has 0 fully saturated rings. The van der Waals surface area contributed by atoms with E-state index in [0.29, 0.717) is 11.5 Å². The van der Waals surface area contributed by atoms with Crippen LogP contribution in [0.1, 0.15) is 23.1 Å². The lowest BCUT2D eigenvalue weighted by Crippen LogP contribution is -2.14. The Bertz CT molecular complexity index is 487. The van der Waals surface area contributed by atoms with Gasteiger partial charge in [-0.15, -0.1) is 0 Å². The standard InChI is InChI=1S/C12H11F2NO/c1-7-5-6-10(16-7)12(15)11-8(13)3-2-4-9(11)14/h2-6,12H,15H2,1H3. The van der Waals surface area contributed by atoms with E-state index in [1.54, 1.807) is 19.1 Å². The summed E-state index contributed by atoms with van der Waals surface area (Å²) < 4.78 is 32.1. The van der Waals surface area contributed by atoms with Gasteiger partial charge in [0.25, 0.3) is 0 Å². The summed E-state index contributed by atoms with van der Waals surface area (Å²) in [6.45, 7) is 1.74. The van der Waals surface area contributed by atoms with Crippen LogP contribution in [-0.2, 0) is 0 Å². The predicted molar refractivity (Wildman–Crippen MR) is 55.8 cm³/mol. The molecule has 1 aromatic heterocycles. The Morgan fingerprint density at radius 2 is 1.75 bits per heavy atom. The summed E-state index contributed by atoms with van der Waals surface area (Å²) in [5, 5.41) is 0. The first kappa shape index (κ1) is 10.8. The molecule has 4 heteroatoms. The van der Waals surface area contributed by atoms with Gasteiger partial charge in [0.15, 0.2) is 0 Å². The third-order valence-corrected chi connectivity index (χ3v) is 2.38. The number of aryl methyl sites for hydroxylation is 1. The molecule has 2 N–H and O–H groups in total. The molecule has 2 nitrogen and oxygen atoms in total. The molecule has 2 aromatic rings. The molecule has 0 aliphatic heterocycles. The number of rotatable bonds is 2. The van der Waals surface area contributed by atoms with Crippen LogP contribution in [0.5, 0.6) is 0 Å². The fraction of sp³-hybridized carbons (Fsp3) is 0.167. The molecular weight excluding hydrogens is 212 g/mol. The van der Waals surface area contributed by atoms with Crippen molar-refractivity contribution in [2.75, 3.05) is 0 Å². The minimum absolute atomic E-state index is 0.170. The van der Waals surface area contributed by atoms with Crippen LogP contribution in [0.2, 0.25) is 0 Å². The summed E-state index contributed by atoms with van der Waals surface area (Å²) in [6, 6.07) is 6.05. The molecule has 0 aliphatic rings. The summed E-state index contributed by atoms with van der Waals surface area (Å²) >= 11 is 0. The summed E-state index contributed by atoms with van der Waals surface area (Å²) in [4.78, 5) is 0. The smallest absolute Gasteiger partial charge is 0.131 e. The van der Waals surface area contributed by atoms with Crippen molar-refractivity contribution in [3.05, 3.63) is 59.1 Å². The Hall–Kier alpha value is -1.68. The average molecular weight is 223 g/mol. The number of nitrogens with two attached hydrogens (primary N) is 1. The second kappa shape index (κ2) is 4.06. The molecule has 1 atom stereocenters. The minimum atomic E-state index is -0.921. The number of hydrogen-bond acceptors (Lipinski definition) is 2. The molecule has 0 spiro atoms. The second-order valence-corrected chi connectivity index (χ2v) is 3.56. The van der Waals surface area contributed by atoms with Gasteiger partial charge in [-0.3, -0.25) is 0 Å². The van der Waals surface area contributed by atoms with Crippen LogP contribution in [0.4, 0.5) is 8.78 Å².